The van der Waals surface area contributed by atoms with Crippen LogP contribution in [0.1, 0.15) is 57.4 Å². The van der Waals surface area contributed by atoms with E-state index in [2.05, 4.69) is 29.2 Å². The van der Waals surface area contributed by atoms with E-state index < -0.39 is 0 Å². The molecule has 19 heavy (non-hydrogen) atoms. The van der Waals surface area contributed by atoms with Crippen molar-refractivity contribution < 1.29 is 0 Å². The van der Waals surface area contributed by atoms with Gasteiger partial charge < -0.3 is 0 Å². The highest BCUT2D eigenvalue weighted by Crippen LogP contribution is 2.34. The van der Waals surface area contributed by atoms with E-state index in [9.17, 15) is 0 Å². The van der Waals surface area contributed by atoms with Crippen LogP contribution in [0.25, 0.3) is 0 Å². The van der Waals surface area contributed by atoms with Gasteiger partial charge in [0.2, 0.25) is 0 Å². The van der Waals surface area contributed by atoms with Gasteiger partial charge in [0.25, 0.3) is 0 Å². The highest BCUT2D eigenvalue weighted by molar-refractivity contribution is 7.07. The van der Waals surface area contributed by atoms with Crippen LogP contribution in [0.3, 0.4) is 0 Å². The number of unbranched alkanes of at least 4 members (excludes halogenated alkanes) is 1. The van der Waals surface area contributed by atoms with Crippen LogP contribution in [-0.4, -0.2) is 6.04 Å². The number of rotatable bonds is 7. The number of nitrogens with two attached hydrogens (primary N) is 1. The number of nitrogens with one attached hydrogen (secondary N) is 1. The summed E-state index contributed by atoms with van der Waals surface area (Å²) in [6.07, 6.45) is 10.8. The van der Waals surface area contributed by atoms with Crippen molar-refractivity contribution in [2.24, 2.45) is 17.7 Å². The molecule has 3 heteroatoms. The van der Waals surface area contributed by atoms with Gasteiger partial charge >= 0.3 is 0 Å². The second-order valence-electron chi connectivity index (χ2n) is 6.03. The molecular weight excluding hydrogens is 252 g/mol. The van der Waals surface area contributed by atoms with Gasteiger partial charge in [-0.25, -0.2) is 0 Å². The fourth-order valence-corrected chi connectivity index (χ4v) is 4.08. The molecule has 0 amide bonds. The van der Waals surface area contributed by atoms with Crippen LogP contribution >= 0.6 is 11.3 Å². The predicted octanol–water partition coefficient (Wildman–Crippen LogP) is 4.12. The Labute approximate surface area is 121 Å². The molecule has 3 N–H and O–H groups in total. The maximum atomic E-state index is 5.79. The maximum absolute atomic E-state index is 5.79. The Morgan fingerprint density at radius 3 is 2.74 bits per heavy atom. The number of thiophene rings is 1. The Balaban J connectivity index is 1.78. The van der Waals surface area contributed by atoms with E-state index in [0.29, 0.717) is 6.04 Å². The van der Waals surface area contributed by atoms with Crippen LogP contribution in [-0.2, 0) is 6.42 Å². The normalized spacial score (nSPS) is 25.4. The van der Waals surface area contributed by atoms with Crippen molar-refractivity contribution in [3.05, 3.63) is 22.4 Å². The molecule has 108 valence electrons. The van der Waals surface area contributed by atoms with Crippen molar-refractivity contribution in [1.29, 1.82) is 0 Å². The Morgan fingerprint density at radius 2 is 2.16 bits per heavy atom. The summed E-state index contributed by atoms with van der Waals surface area (Å²) in [6, 6.07) is 2.68. The van der Waals surface area contributed by atoms with Gasteiger partial charge in [-0.3, -0.25) is 11.3 Å². The maximum Gasteiger partial charge on any atom is 0.0279 e. The summed E-state index contributed by atoms with van der Waals surface area (Å²) < 4.78 is 0. The summed E-state index contributed by atoms with van der Waals surface area (Å²) in [6.45, 7) is 2.29. The Kier molecular flexibility index (Phi) is 6.35. The molecule has 0 radical (unpaired) electrons. The van der Waals surface area contributed by atoms with Crippen LogP contribution < -0.4 is 11.3 Å². The standard InChI is InChI=1S/C16H28N2S/c1-2-3-4-13-5-7-15(8-6-13)16(18-17)11-14-9-10-19-12-14/h9-10,12-13,15-16,18H,2-8,11,17H2,1H3. The third kappa shape index (κ3) is 4.59. The summed E-state index contributed by atoms with van der Waals surface area (Å²) in [5.41, 5.74) is 4.50. The lowest BCUT2D eigenvalue weighted by molar-refractivity contribution is 0.211. The van der Waals surface area contributed by atoms with Gasteiger partial charge in [0, 0.05) is 6.04 Å². The number of hydrogen-bond acceptors (Lipinski definition) is 3. The molecule has 1 heterocycles. The fraction of sp³-hybridized carbons (Fsp3) is 0.750. The fourth-order valence-electron chi connectivity index (χ4n) is 3.40. The van der Waals surface area contributed by atoms with Gasteiger partial charge in [-0.05, 0) is 53.5 Å². The lowest BCUT2D eigenvalue weighted by Crippen LogP contribution is -2.43. The minimum Gasteiger partial charge on any atom is -0.271 e. The first-order valence-corrected chi connectivity index (χ1v) is 8.75. The van der Waals surface area contributed by atoms with E-state index in [4.69, 9.17) is 5.84 Å². The lowest BCUT2D eigenvalue weighted by Gasteiger charge is -2.33. The van der Waals surface area contributed by atoms with Gasteiger partial charge in [0.15, 0.2) is 0 Å². The van der Waals surface area contributed by atoms with Crippen molar-refractivity contribution in [3.8, 4) is 0 Å². The highest BCUT2D eigenvalue weighted by atomic mass is 32.1. The minimum atomic E-state index is 0.460. The molecule has 0 aromatic carbocycles. The zero-order valence-electron chi connectivity index (χ0n) is 12.1. The third-order valence-corrected chi connectivity index (χ3v) is 5.41. The van der Waals surface area contributed by atoms with Crippen molar-refractivity contribution in [3.63, 3.8) is 0 Å². The summed E-state index contributed by atoms with van der Waals surface area (Å²) in [5, 5.41) is 4.40. The molecule has 0 saturated heterocycles. The van der Waals surface area contributed by atoms with Gasteiger partial charge in [0.1, 0.15) is 0 Å². The van der Waals surface area contributed by atoms with E-state index >= 15 is 0 Å². The molecule has 1 saturated carbocycles. The summed E-state index contributed by atoms with van der Waals surface area (Å²) in [5.74, 6) is 7.54. The summed E-state index contributed by atoms with van der Waals surface area (Å²) in [4.78, 5) is 0. The second kappa shape index (κ2) is 8.03. The summed E-state index contributed by atoms with van der Waals surface area (Å²) >= 11 is 1.78. The van der Waals surface area contributed by atoms with Crippen molar-refractivity contribution in [2.45, 2.75) is 64.3 Å². The molecular formula is C16H28N2S. The van der Waals surface area contributed by atoms with Gasteiger partial charge in [0.05, 0.1) is 0 Å². The second-order valence-corrected chi connectivity index (χ2v) is 6.81. The lowest BCUT2D eigenvalue weighted by atomic mass is 9.76. The van der Waals surface area contributed by atoms with Crippen LogP contribution in [0.2, 0.25) is 0 Å². The van der Waals surface area contributed by atoms with E-state index in [1.165, 1.54) is 50.5 Å². The molecule has 2 nitrogen and oxygen atoms in total. The Bertz CT molecular complexity index is 329. The number of hydrazine groups is 1. The van der Waals surface area contributed by atoms with Crippen molar-refractivity contribution >= 4 is 11.3 Å². The SMILES string of the molecule is CCCCC1CCC(C(Cc2ccsc2)NN)CC1. The quantitative estimate of drug-likeness (QED) is 0.582. The van der Waals surface area contributed by atoms with E-state index in [1.807, 2.05) is 0 Å². The molecule has 1 atom stereocenters. The third-order valence-electron chi connectivity index (χ3n) is 4.68. The van der Waals surface area contributed by atoms with Gasteiger partial charge in [-0.15, -0.1) is 0 Å². The molecule has 2 rings (SSSR count). The zero-order valence-corrected chi connectivity index (χ0v) is 12.9. The summed E-state index contributed by atoms with van der Waals surface area (Å²) in [7, 11) is 0. The predicted molar refractivity (Wildman–Crippen MR) is 84.1 cm³/mol. The van der Waals surface area contributed by atoms with E-state index in [1.54, 1.807) is 11.3 Å². The Hall–Kier alpha value is -0.380. The van der Waals surface area contributed by atoms with Crippen molar-refractivity contribution in [1.82, 2.24) is 5.43 Å². The average molecular weight is 280 g/mol. The molecule has 1 aliphatic carbocycles. The molecule has 1 aromatic rings. The zero-order chi connectivity index (χ0) is 13.5. The minimum absolute atomic E-state index is 0.460. The largest absolute Gasteiger partial charge is 0.271 e. The van der Waals surface area contributed by atoms with Gasteiger partial charge in [-0.2, -0.15) is 11.3 Å². The van der Waals surface area contributed by atoms with E-state index in [0.717, 1.165) is 18.3 Å². The monoisotopic (exact) mass is 280 g/mol. The van der Waals surface area contributed by atoms with Crippen LogP contribution in [0.4, 0.5) is 0 Å². The smallest absolute Gasteiger partial charge is 0.0279 e. The Morgan fingerprint density at radius 1 is 1.37 bits per heavy atom. The molecule has 0 bridgehead atoms. The van der Waals surface area contributed by atoms with Crippen molar-refractivity contribution in [2.75, 3.05) is 0 Å². The van der Waals surface area contributed by atoms with Crippen LogP contribution in [0.5, 0.6) is 0 Å². The van der Waals surface area contributed by atoms with Gasteiger partial charge in [-0.1, -0.05) is 39.0 Å². The molecule has 1 aliphatic rings. The first-order valence-electron chi connectivity index (χ1n) is 7.80. The highest BCUT2D eigenvalue weighted by Gasteiger charge is 2.26. The van der Waals surface area contributed by atoms with Crippen LogP contribution in [0, 0.1) is 11.8 Å². The number of hydrogen-bond donors (Lipinski definition) is 2. The van der Waals surface area contributed by atoms with Crippen LogP contribution in [0.15, 0.2) is 16.8 Å². The molecule has 1 aromatic heterocycles. The molecule has 0 spiro atoms. The topological polar surface area (TPSA) is 38.0 Å². The first kappa shape index (κ1) is 15.0. The molecule has 1 fully saturated rings. The average Bonchev–Trinajstić information content (AvgIpc) is 2.96. The van der Waals surface area contributed by atoms with E-state index in [-0.39, 0.29) is 0 Å². The first-order chi connectivity index (χ1) is 9.33. The molecule has 1 unspecified atom stereocenters. The molecule has 0 aliphatic heterocycles.